The minimum absolute atomic E-state index is 0.255. The molecule has 1 aliphatic heterocycles. The number of hydrogen-bond acceptors (Lipinski definition) is 4. The molecule has 3 heterocycles. The Morgan fingerprint density at radius 1 is 1.15 bits per heavy atom. The number of aromatic nitrogens is 2. The maximum atomic E-state index is 13.0. The van der Waals surface area contributed by atoms with Crippen LogP contribution in [0.3, 0.4) is 0 Å². The lowest BCUT2D eigenvalue weighted by molar-refractivity contribution is -0.136. The van der Waals surface area contributed by atoms with Crippen molar-refractivity contribution < 1.29 is 4.79 Å². The monoisotopic (exact) mass is 352 g/mol. The summed E-state index contributed by atoms with van der Waals surface area (Å²) in [7, 11) is 0. The summed E-state index contributed by atoms with van der Waals surface area (Å²) < 4.78 is 0. The van der Waals surface area contributed by atoms with Crippen molar-refractivity contribution in [3.63, 3.8) is 0 Å². The number of carbonyl (C=O) groups excluding carboxylic acids is 1. The summed E-state index contributed by atoms with van der Waals surface area (Å²) in [5.74, 6) is 1.06. The molecule has 1 saturated heterocycles. The summed E-state index contributed by atoms with van der Waals surface area (Å²) in [5, 5.41) is 3.52. The third-order valence-corrected chi connectivity index (χ3v) is 5.82. The van der Waals surface area contributed by atoms with Gasteiger partial charge in [-0.15, -0.1) is 0 Å². The Hall–Kier alpha value is -2.01. The minimum atomic E-state index is 0.255. The van der Waals surface area contributed by atoms with Crippen molar-refractivity contribution in [3.05, 3.63) is 36.2 Å². The van der Waals surface area contributed by atoms with E-state index in [1.165, 1.54) is 24.8 Å². The van der Waals surface area contributed by atoms with Crippen LogP contribution in [0, 0.1) is 11.8 Å². The summed E-state index contributed by atoms with van der Waals surface area (Å²) >= 11 is 0. The second kappa shape index (κ2) is 8.12. The lowest BCUT2D eigenvalue weighted by Crippen LogP contribution is -2.40. The Bertz CT molecular complexity index is 751. The maximum absolute atomic E-state index is 13.0. The predicted molar refractivity (Wildman–Crippen MR) is 103 cm³/mol. The number of amides is 1. The van der Waals surface area contributed by atoms with Gasteiger partial charge in [0.25, 0.3) is 0 Å². The van der Waals surface area contributed by atoms with Crippen LogP contribution in [0.1, 0.15) is 37.7 Å². The van der Waals surface area contributed by atoms with Gasteiger partial charge in [-0.25, -0.2) is 0 Å². The zero-order valence-corrected chi connectivity index (χ0v) is 15.4. The van der Waals surface area contributed by atoms with Crippen molar-refractivity contribution in [1.29, 1.82) is 0 Å². The topological polar surface area (TPSA) is 58.1 Å². The molecule has 0 unspecified atom stereocenters. The number of pyridine rings is 2. The average molecular weight is 352 g/mol. The van der Waals surface area contributed by atoms with Crippen LogP contribution < -0.4 is 5.32 Å². The lowest BCUT2D eigenvalue weighted by Gasteiger charge is -2.30. The third-order valence-electron chi connectivity index (χ3n) is 5.82. The Morgan fingerprint density at radius 3 is 2.92 bits per heavy atom. The van der Waals surface area contributed by atoms with Crippen molar-refractivity contribution in [2.75, 3.05) is 26.2 Å². The molecule has 26 heavy (non-hydrogen) atoms. The van der Waals surface area contributed by atoms with E-state index in [0.29, 0.717) is 11.8 Å². The fourth-order valence-electron chi connectivity index (χ4n) is 4.44. The van der Waals surface area contributed by atoms with Gasteiger partial charge in [-0.2, -0.15) is 0 Å². The molecule has 0 spiro atoms. The molecule has 0 radical (unpaired) electrons. The highest BCUT2D eigenvalue weighted by atomic mass is 16.2. The fourth-order valence-corrected chi connectivity index (χ4v) is 4.44. The molecule has 5 heteroatoms. The second-order valence-corrected chi connectivity index (χ2v) is 7.73. The van der Waals surface area contributed by atoms with Crippen LogP contribution in [0.15, 0.2) is 30.6 Å². The highest BCUT2D eigenvalue weighted by molar-refractivity contribution is 5.79. The zero-order chi connectivity index (χ0) is 17.8. The molecule has 138 valence electrons. The van der Waals surface area contributed by atoms with Crippen LogP contribution in [0.25, 0.3) is 11.0 Å². The quantitative estimate of drug-likeness (QED) is 0.923. The highest BCUT2D eigenvalue weighted by Gasteiger charge is 2.29. The molecular weight excluding hydrogens is 324 g/mol. The van der Waals surface area contributed by atoms with Gasteiger partial charge in [0, 0.05) is 44.5 Å². The largest absolute Gasteiger partial charge is 0.341 e. The van der Waals surface area contributed by atoms with E-state index < -0.39 is 0 Å². The minimum Gasteiger partial charge on any atom is -0.341 e. The number of carbonyl (C=O) groups is 1. The van der Waals surface area contributed by atoms with Crippen molar-refractivity contribution >= 4 is 16.9 Å². The SMILES string of the molecule is O=C(C1CCCCC1)N1CCNC[C@@H](Cc2ccnc3cccnc23)C1. The molecule has 4 rings (SSSR count). The summed E-state index contributed by atoms with van der Waals surface area (Å²) in [6.45, 7) is 3.52. The first-order valence-electron chi connectivity index (χ1n) is 9.99. The number of hydrogen-bond donors (Lipinski definition) is 1. The standard InChI is InChI=1S/C21H28N4O/c26-21(17-5-2-1-3-6-17)25-12-11-22-14-16(15-25)13-18-8-10-23-19-7-4-9-24-20(18)19/h4,7-10,16-17,22H,1-3,5-6,11-15H2/t16-/m1/s1. The molecule has 1 aliphatic carbocycles. The zero-order valence-electron chi connectivity index (χ0n) is 15.4. The van der Waals surface area contributed by atoms with E-state index in [1.807, 2.05) is 24.5 Å². The number of fused-ring (bicyclic) bond motifs is 1. The normalized spacial score (nSPS) is 22.3. The van der Waals surface area contributed by atoms with Crippen molar-refractivity contribution in [1.82, 2.24) is 20.2 Å². The summed E-state index contributed by atoms with van der Waals surface area (Å²) in [5.41, 5.74) is 3.17. The molecule has 0 bridgehead atoms. The van der Waals surface area contributed by atoms with Gasteiger partial charge in [0.15, 0.2) is 0 Å². The first-order chi connectivity index (χ1) is 12.8. The molecule has 2 aromatic heterocycles. The third kappa shape index (κ3) is 3.88. The van der Waals surface area contributed by atoms with Gasteiger partial charge >= 0.3 is 0 Å². The molecule has 2 aromatic rings. The van der Waals surface area contributed by atoms with Crippen molar-refractivity contribution in [2.45, 2.75) is 38.5 Å². The molecule has 1 amide bonds. The summed E-state index contributed by atoms with van der Waals surface area (Å²) in [6.07, 6.45) is 10.5. The second-order valence-electron chi connectivity index (χ2n) is 7.73. The first-order valence-corrected chi connectivity index (χ1v) is 9.99. The fraction of sp³-hybridized carbons (Fsp3) is 0.571. The Morgan fingerprint density at radius 2 is 2.04 bits per heavy atom. The molecule has 1 N–H and O–H groups in total. The molecule has 1 saturated carbocycles. The summed E-state index contributed by atoms with van der Waals surface area (Å²) in [6, 6.07) is 6.01. The molecule has 2 aliphatic rings. The van der Waals surface area contributed by atoms with E-state index in [0.717, 1.165) is 56.5 Å². The number of rotatable bonds is 3. The average Bonchev–Trinajstić information content (AvgIpc) is 2.94. The van der Waals surface area contributed by atoms with Crippen LogP contribution >= 0.6 is 0 Å². The van der Waals surface area contributed by atoms with Crippen LogP contribution in [-0.4, -0.2) is 47.0 Å². The Kier molecular flexibility index (Phi) is 5.44. The predicted octanol–water partition coefficient (Wildman–Crippen LogP) is 2.80. The number of nitrogens with zero attached hydrogens (tertiary/aromatic N) is 3. The van der Waals surface area contributed by atoms with Gasteiger partial charge in [0.05, 0.1) is 11.0 Å². The van der Waals surface area contributed by atoms with Crippen molar-refractivity contribution in [2.24, 2.45) is 11.8 Å². The molecule has 2 fully saturated rings. The van der Waals surface area contributed by atoms with E-state index in [9.17, 15) is 4.79 Å². The number of nitrogens with one attached hydrogen (secondary N) is 1. The maximum Gasteiger partial charge on any atom is 0.225 e. The smallest absolute Gasteiger partial charge is 0.225 e. The van der Waals surface area contributed by atoms with Gasteiger partial charge < -0.3 is 10.2 Å². The van der Waals surface area contributed by atoms with E-state index in [2.05, 4.69) is 26.3 Å². The first kappa shape index (κ1) is 17.4. The van der Waals surface area contributed by atoms with Gasteiger partial charge in [-0.3, -0.25) is 14.8 Å². The van der Waals surface area contributed by atoms with Gasteiger partial charge in [0.2, 0.25) is 5.91 Å². The van der Waals surface area contributed by atoms with Crippen LogP contribution in [0.4, 0.5) is 0 Å². The van der Waals surface area contributed by atoms with Crippen LogP contribution in [-0.2, 0) is 11.2 Å². The Labute approximate surface area is 155 Å². The van der Waals surface area contributed by atoms with Crippen LogP contribution in [0.5, 0.6) is 0 Å². The van der Waals surface area contributed by atoms with Gasteiger partial charge in [-0.1, -0.05) is 19.3 Å². The van der Waals surface area contributed by atoms with Gasteiger partial charge in [-0.05, 0) is 48.9 Å². The van der Waals surface area contributed by atoms with Crippen LogP contribution in [0.2, 0.25) is 0 Å². The molecule has 5 nitrogen and oxygen atoms in total. The van der Waals surface area contributed by atoms with E-state index >= 15 is 0 Å². The highest BCUT2D eigenvalue weighted by Crippen LogP contribution is 2.26. The Balaban J connectivity index is 1.48. The van der Waals surface area contributed by atoms with E-state index in [1.54, 1.807) is 0 Å². The van der Waals surface area contributed by atoms with Gasteiger partial charge in [0.1, 0.15) is 0 Å². The summed E-state index contributed by atoms with van der Waals surface area (Å²) in [4.78, 5) is 24.1. The molecule has 1 atom stereocenters. The van der Waals surface area contributed by atoms with E-state index in [-0.39, 0.29) is 5.92 Å². The van der Waals surface area contributed by atoms with Crippen molar-refractivity contribution in [3.8, 4) is 0 Å². The van der Waals surface area contributed by atoms with E-state index in [4.69, 9.17) is 0 Å². The molecule has 0 aromatic carbocycles. The lowest BCUT2D eigenvalue weighted by atomic mass is 9.88. The molecular formula is C21H28N4O.